The summed E-state index contributed by atoms with van der Waals surface area (Å²) < 4.78 is 14.2. The molecule has 0 radical (unpaired) electrons. The van der Waals surface area contributed by atoms with Crippen LogP contribution in [0.4, 0.5) is 4.39 Å². The summed E-state index contributed by atoms with van der Waals surface area (Å²) in [5, 5.41) is 0. The van der Waals surface area contributed by atoms with Crippen molar-refractivity contribution in [1.82, 2.24) is 0 Å². The van der Waals surface area contributed by atoms with Crippen LogP contribution in [0, 0.1) is 12.7 Å². The van der Waals surface area contributed by atoms with Crippen LogP contribution in [-0.4, -0.2) is 27.3 Å². The van der Waals surface area contributed by atoms with Crippen molar-refractivity contribution in [3.8, 4) is 0 Å². The summed E-state index contributed by atoms with van der Waals surface area (Å²) in [6.07, 6.45) is 0.316. The van der Waals surface area contributed by atoms with E-state index in [4.69, 9.17) is 0 Å². The lowest BCUT2D eigenvalue weighted by Gasteiger charge is -2.19. The zero-order valence-electron chi connectivity index (χ0n) is 17.0. The first-order chi connectivity index (χ1) is 13.8. The van der Waals surface area contributed by atoms with Crippen molar-refractivity contribution < 1.29 is 14.0 Å². The summed E-state index contributed by atoms with van der Waals surface area (Å²) in [7, 11) is 3.87. The molecule has 0 atom stereocenters. The van der Waals surface area contributed by atoms with E-state index in [1.54, 1.807) is 25.1 Å². The molecule has 0 unspecified atom stereocenters. The van der Waals surface area contributed by atoms with Crippen LogP contribution in [0.3, 0.4) is 0 Å². The molecule has 3 rings (SSSR count). The van der Waals surface area contributed by atoms with Crippen LogP contribution in [0.5, 0.6) is 0 Å². The van der Waals surface area contributed by atoms with Crippen LogP contribution in [0.1, 0.15) is 50.6 Å². The molecule has 0 saturated carbocycles. The van der Waals surface area contributed by atoms with Gasteiger partial charge in [-0.2, -0.15) is 0 Å². The Morgan fingerprint density at radius 3 is 1.79 bits per heavy atom. The van der Waals surface area contributed by atoms with Crippen molar-refractivity contribution in [3.05, 3.63) is 94.8 Å². The molecule has 0 aliphatic rings. The molecule has 144 valence electrons. The summed E-state index contributed by atoms with van der Waals surface area (Å²) in [6.45, 7) is 1.70. The van der Waals surface area contributed by atoms with Gasteiger partial charge in [-0.25, -0.2) is 4.39 Å². The highest BCUT2D eigenvalue weighted by atomic mass is 19.1. The molecule has 0 fully saturated rings. The predicted octanol–water partition coefficient (Wildman–Crippen LogP) is 2.28. The summed E-state index contributed by atoms with van der Waals surface area (Å²) in [5.74, 6) is -0.788. The lowest BCUT2D eigenvalue weighted by Crippen LogP contribution is -2.16. The number of carbonyl (C=O) groups excluding carboxylic acids is 2. The van der Waals surface area contributed by atoms with E-state index in [0.717, 1.165) is 10.9 Å². The number of rotatable bonds is 7. The second-order valence-corrected chi connectivity index (χ2v) is 7.64. The average molecular weight is 384 g/mol. The second-order valence-electron chi connectivity index (χ2n) is 7.64. The van der Waals surface area contributed by atoms with Gasteiger partial charge in [0.25, 0.3) is 0 Å². The molecular weight excluding hydrogens is 361 g/mol. The highest BCUT2D eigenvalue weighted by molar-refractivity contribution is 6.33. The SMILES string of the molecule is Bc1cccc(C(=O)CC(CC(=O)c2cccc(B)c2)c2cccc(F)c2C)c1. The molecule has 0 spiro atoms. The maximum Gasteiger partial charge on any atom is 0.163 e. The molecule has 3 aromatic carbocycles. The number of ketones is 2. The Hall–Kier alpha value is -2.94. The van der Waals surface area contributed by atoms with Crippen LogP contribution < -0.4 is 10.9 Å². The summed E-state index contributed by atoms with van der Waals surface area (Å²) in [6, 6.07) is 19.7. The molecule has 5 heteroatoms. The van der Waals surface area contributed by atoms with E-state index >= 15 is 0 Å². The summed E-state index contributed by atoms with van der Waals surface area (Å²) >= 11 is 0. The van der Waals surface area contributed by atoms with E-state index in [0.29, 0.717) is 22.3 Å². The van der Waals surface area contributed by atoms with Gasteiger partial charge in [-0.1, -0.05) is 71.6 Å². The second kappa shape index (κ2) is 9.04. The first kappa shape index (κ1) is 20.8. The maximum absolute atomic E-state index is 14.2. The topological polar surface area (TPSA) is 34.1 Å². The van der Waals surface area contributed by atoms with Crippen molar-refractivity contribution in [3.63, 3.8) is 0 Å². The molecule has 0 aromatic heterocycles. The molecule has 29 heavy (non-hydrogen) atoms. The molecule has 0 N–H and O–H groups in total. The van der Waals surface area contributed by atoms with Gasteiger partial charge in [0.15, 0.2) is 11.6 Å². The van der Waals surface area contributed by atoms with E-state index in [-0.39, 0.29) is 36.1 Å². The van der Waals surface area contributed by atoms with E-state index in [1.165, 1.54) is 6.07 Å². The van der Waals surface area contributed by atoms with E-state index in [9.17, 15) is 14.0 Å². The zero-order chi connectivity index (χ0) is 21.0. The fourth-order valence-electron chi connectivity index (χ4n) is 3.68. The smallest absolute Gasteiger partial charge is 0.163 e. The summed E-state index contributed by atoms with van der Waals surface area (Å²) in [5.41, 5.74) is 4.45. The third-order valence-corrected chi connectivity index (χ3v) is 5.29. The average Bonchev–Trinajstić information content (AvgIpc) is 2.69. The van der Waals surface area contributed by atoms with Gasteiger partial charge in [0.2, 0.25) is 0 Å². The van der Waals surface area contributed by atoms with Gasteiger partial charge in [-0.05, 0) is 30.0 Å². The Morgan fingerprint density at radius 2 is 1.31 bits per heavy atom. The van der Waals surface area contributed by atoms with Gasteiger partial charge >= 0.3 is 0 Å². The maximum atomic E-state index is 14.2. The van der Waals surface area contributed by atoms with Crippen molar-refractivity contribution in [2.24, 2.45) is 0 Å². The van der Waals surface area contributed by atoms with Gasteiger partial charge in [0, 0.05) is 24.0 Å². The fraction of sp³-hybridized carbons (Fsp3) is 0.167. The zero-order valence-corrected chi connectivity index (χ0v) is 17.0. The molecule has 0 aliphatic carbocycles. The van der Waals surface area contributed by atoms with Gasteiger partial charge in [0.1, 0.15) is 21.5 Å². The molecule has 2 nitrogen and oxygen atoms in total. The Balaban J connectivity index is 1.92. The number of halogens is 1. The quantitative estimate of drug-likeness (QED) is 0.463. The van der Waals surface area contributed by atoms with Gasteiger partial charge in [-0.3, -0.25) is 9.59 Å². The lowest BCUT2D eigenvalue weighted by atomic mass is 9.83. The molecule has 3 aromatic rings. The van der Waals surface area contributed by atoms with Crippen molar-refractivity contribution in [1.29, 1.82) is 0 Å². The first-order valence-electron chi connectivity index (χ1n) is 9.80. The lowest BCUT2D eigenvalue weighted by molar-refractivity contribution is 0.0944. The van der Waals surface area contributed by atoms with E-state index in [1.807, 2.05) is 58.2 Å². The number of hydrogen-bond donors (Lipinski definition) is 0. The molecule has 0 saturated heterocycles. The standard InChI is InChI=1S/C24H23B2FO2/c1-15-21(9-4-10-22(15)27)18(13-23(28)16-5-2-7-19(25)11-16)14-24(29)17-6-3-8-20(26)12-17/h2-12,18H,13-14,25-26H2,1H3. The molecule has 0 amide bonds. The molecule has 0 bridgehead atoms. The minimum Gasteiger partial charge on any atom is -0.294 e. The third kappa shape index (κ3) is 5.11. The number of hydrogen-bond acceptors (Lipinski definition) is 2. The molecule has 0 aliphatic heterocycles. The van der Waals surface area contributed by atoms with Crippen molar-refractivity contribution >= 4 is 38.2 Å². The molecular formula is C24H23B2FO2. The van der Waals surface area contributed by atoms with Crippen LogP contribution in [0.2, 0.25) is 0 Å². The van der Waals surface area contributed by atoms with Crippen LogP contribution in [-0.2, 0) is 0 Å². The highest BCUT2D eigenvalue weighted by Gasteiger charge is 2.23. The Morgan fingerprint density at radius 1 is 0.828 bits per heavy atom. The minimum absolute atomic E-state index is 0.0422. The van der Waals surface area contributed by atoms with Crippen LogP contribution in [0.15, 0.2) is 66.7 Å². The van der Waals surface area contributed by atoms with Gasteiger partial charge < -0.3 is 0 Å². The summed E-state index contributed by atoms with van der Waals surface area (Å²) in [4.78, 5) is 25.9. The molecule has 0 heterocycles. The van der Waals surface area contributed by atoms with Crippen LogP contribution >= 0.6 is 0 Å². The predicted molar refractivity (Wildman–Crippen MR) is 121 cm³/mol. The first-order valence-corrected chi connectivity index (χ1v) is 9.80. The largest absolute Gasteiger partial charge is 0.294 e. The monoisotopic (exact) mass is 384 g/mol. The Labute approximate surface area is 173 Å². The minimum atomic E-state index is -0.383. The van der Waals surface area contributed by atoms with Crippen molar-refractivity contribution in [2.45, 2.75) is 25.7 Å². The fourth-order valence-corrected chi connectivity index (χ4v) is 3.68. The third-order valence-electron chi connectivity index (χ3n) is 5.29. The normalized spacial score (nSPS) is 10.9. The van der Waals surface area contributed by atoms with Gasteiger partial charge in [-0.15, -0.1) is 0 Å². The number of carbonyl (C=O) groups is 2. The Bertz CT molecular complexity index is 1000. The number of benzene rings is 3. The highest BCUT2D eigenvalue weighted by Crippen LogP contribution is 2.30. The van der Waals surface area contributed by atoms with Crippen molar-refractivity contribution in [2.75, 3.05) is 0 Å². The Kier molecular flexibility index (Phi) is 6.48. The van der Waals surface area contributed by atoms with E-state index < -0.39 is 0 Å². The van der Waals surface area contributed by atoms with Crippen LogP contribution in [0.25, 0.3) is 0 Å². The van der Waals surface area contributed by atoms with Gasteiger partial charge in [0.05, 0.1) is 0 Å². The van der Waals surface area contributed by atoms with E-state index in [2.05, 4.69) is 0 Å². The number of Topliss-reactive ketones (excluding diaryl/α,β-unsaturated/α-hetero) is 2.